The van der Waals surface area contributed by atoms with Gasteiger partial charge in [0.1, 0.15) is 5.75 Å². The van der Waals surface area contributed by atoms with E-state index in [2.05, 4.69) is 15.5 Å². The van der Waals surface area contributed by atoms with Crippen LogP contribution in [0.2, 0.25) is 0 Å². The maximum atomic E-state index is 12.3. The van der Waals surface area contributed by atoms with Gasteiger partial charge in [-0.05, 0) is 18.6 Å². The van der Waals surface area contributed by atoms with Crippen molar-refractivity contribution in [3.05, 3.63) is 65.5 Å². The molecule has 1 aliphatic heterocycles. The van der Waals surface area contributed by atoms with E-state index in [-0.39, 0.29) is 24.8 Å². The lowest BCUT2D eigenvalue weighted by Gasteiger charge is -2.20. The molecule has 0 radical (unpaired) electrons. The Bertz CT molecular complexity index is 1080. The van der Waals surface area contributed by atoms with Gasteiger partial charge in [0.25, 0.3) is 5.91 Å². The van der Waals surface area contributed by atoms with Gasteiger partial charge in [0.15, 0.2) is 6.61 Å². The highest BCUT2D eigenvalue weighted by Gasteiger charge is 2.21. The molecule has 2 aromatic carbocycles. The molecule has 4 rings (SSSR count). The Hall–Kier alpha value is -3.68. The number of nitrogens with zero attached hydrogens (tertiary/aromatic N) is 3. The van der Waals surface area contributed by atoms with Gasteiger partial charge >= 0.3 is 0 Å². The monoisotopic (exact) mass is 420 g/mol. The second-order valence-corrected chi connectivity index (χ2v) is 7.39. The number of aryl methyl sites for hydroxylation is 2. The molecule has 0 spiro atoms. The SMILES string of the molecule is Cc1ccccc1-c1noc(CCC(=O)NCCN2Cc3ccccc3OCC2=O)n1. The summed E-state index contributed by atoms with van der Waals surface area (Å²) >= 11 is 0. The van der Waals surface area contributed by atoms with E-state index in [0.29, 0.717) is 37.8 Å². The molecule has 3 aromatic rings. The van der Waals surface area contributed by atoms with Crippen molar-refractivity contribution in [1.82, 2.24) is 20.4 Å². The molecule has 0 bridgehead atoms. The van der Waals surface area contributed by atoms with E-state index in [9.17, 15) is 9.59 Å². The van der Waals surface area contributed by atoms with Crippen LogP contribution >= 0.6 is 0 Å². The van der Waals surface area contributed by atoms with Crippen LogP contribution in [0.5, 0.6) is 5.75 Å². The molecule has 2 amide bonds. The zero-order valence-electron chi connectivity index (χ0n) is 17.3. The van der Waals surface area contributed by atoms with Crippen LogP contribution in [0.3, 0.4) is 0 Å². The lowest BCUT2D eigenvalue weighted by atomic mass is 10.1. The van der Waals surface area contributed by atoms with Gasteiger partial charge in [0.05, 0.1) is 0 Å². The first-order chi connectivity index (χ1) is 15.1. The number of benzene rings is 2. The van der Waals surface area contributed by atoms with E-state index in [1.54, 1.807) is 4.90 Å². The van der Waals surface area contributed by atoms with Gasteiger partial charge in [-0.2, -0.15) is 4.98 Å². The summed E-state index contributed by atoms with van der Waals surface area (Å²) in [5, 5.41) is 6.86. The molecule has 1 N–H and O–H groups in total. The summed E-state index contributed by atoms with van der Waals surface area (Å²) in [5.74, 6) is 1.45. The number of aromatic nitrogens is 2. The molecule has 0 saturated carbocycles. The maximum Gasteiger partial charge on any atom is 0.260 e. The molecule has 8 nitrogen and oxygen atoms in total. The molecular formula is C23H24N4O4. The molecule has 0 unspecified atom stereocenters. The summed E-state index contributed by atoms with van der Waals surface area (Å²) < 4.78 is 10.8. The van der Waals surface area contributed by atoms with E-state index in [1.165, 1.54) is 0 Å². The molecule has 8 heteroatoms. The van der Waals surface area contributed by atoms with Crippen LogP contribution < -0.4 is 10.1 Å². The standard InChI is InChI=1S/C23H24N4O4/c1-16-6-2-4-8-18(16)23-25-21(31-26-23)11-10-20(28)24-12-13-27-14-17-7-3-5-9-19(17)30-15-22(27)29/h2-9H,10-15H2,1H3,(H,24,28). The van der Waals surface area contributed by atoms with Crippen molar-refractivity contribution >= 4 is 11.8 Å². The summed E-state index contributed by atoms with van der Waals surface area (Å²) in [6.45, 7) is 3.24. The Kier molecular flexibility index (Phi) is 6.26. The highest BCUT2D eigenvalue weighted by Crippen LogP contribution is 2.22. The summed E-state index contributed by atoms with van der Waals surface area (Å²) in [7, 11) is 0. The van der Waals surface area contributed by atoms with Gasteiger partial charge in [-0.15, -0.1) is 0 Å². The van der Waals surface area contributed by atoms with Crippen molar-refractivity contribution in [3.8, 4) is 17.1 Å². The number of amides is 2. The molecule has 0 saturated heterocycles. The number of fused-ring (bicyclic) bond motifs is 1. The Morgan fingerprint density at radius 3 is 2.84 bits per heavy atom. The van der Waals surface area contributed by atoms with Gasteiger partial charge in [-0.1, -0.05) is 47.6 Å². The summed E-state index contributed by atoms with van der Waals surface area (Å²) in [5.41, 5.74) is 2.93. The predicted molar refractivity (Wildman–Crippen MR) is 113 cm³/mol. The molecule has 0 fully saturated rings. The fourth-order valence-electron chi connectivity index (χ4n) is 3.43. The number of ether oxygens (including phenoxy) is 1. The average molecular weight is 420 g/mol. The summed E-state index contributed by atoms with van der Waals surface area (Å²) in [6.07, 6.45) is 0.587. The van der Waals surface area contributed by atoms with Crippen molar-refractivity contribution in [2.75, 3.05) is 19.7 Å². The molecule has 160 valence electrons. The topological polar surface area (TPSA) is 97.6 Å². The minimum Gasteiger partial charge on any atom is -0.483 e. The van der Waals surface area contributed by atoms with E-state index in [4.69, 9.17) is 9.26 Å². The first kappa shape index (κ1) is 20.6. The summed E-state index contributed by atoms with van der Waals surface area (Å²) in [6, 6.07) is 15.4. The quantitative estimate of drug-likeness (QED) is 0.631. The minimum absolute atomic E-state index is 0.00530. The number of para-hydroxylation sites is 1. The van der Waals surface area contributed by atoms with Crippen molar-refractivity contribution in [1.29, 1.82) is 0 Å². The average Bonchev–Trinajstić information content (AvgIpc) is 3.18. The first-order valence-electron chi connectivity index (χ1n) is 10.2. The number of hydrogen-bond acceptors (Lipinski definition) is 6. The number of nitrogens with one attached hydrogen (secondary N) is 1. The molecule has 1 aromatic heterocycles. The molecule has 2 heterocycles. The number of carbonyl (C=O) groups is 2. The second-order valence-electron chi connectivity index (χ2n) is 7.39. The van der Waals surface area contributed by atoms with Gasteiger partial charge < -0.3 is 19.5 Å². The Morgan fingerprint density at radius 1 is 1.16 bits per heavy atom. The van der Waals surface area contributed by atoms with Crippen LogP contribution in [-0.2, 0) is 22.6 Å². The van der Waals surface area contributed by atoms with Crippen LogP contribution in [0.15, 0.2) is 53.1 Å². The molecule has 31 heavy (non-hydrogen) atoms. The van der Waals surface area contributed by atoms with Gasteiger partial charge in [-0.25, -0.2) is 0 Å². The van der Waals surface area contributed by atoms with Crippen LogP contribution in [0.1, 0.15) is 23.4 Å². The Balaban J connectivity index is 1.24. The highest BCUT2D eigenvalue weighted by atomic mass is 16.5. The third kappa shape index (κ3) is 5.09. The summed E-state index contributed by atoms with van der Waals surface area (Å²) in [4.78, 5) is 30.6. The number of rotatable bonds is 7. The van der Waals surface area contributed by atoms with Crippen molar-refractivity contribution in [2.24, 2.45) is 0 Å². The van der Waals surface area contributed by atoms with Gasteiger partial charge in [-0.3, -0.25) is 9.59 Å². The number of hydrogen-bond donors (Lipinski definition) is 1. The predicted octanol–water partition coefficient (Wildman–Crippen LogP) is 2.52. The third-order valence-electron chi connectivity index (χ3n) is 5.16. The molecule has 0 aliphatic carbocycles. The van der Waals surface area contributed by atoms with Crippen LogP contribution in [0.4, 0.5) is 0 Å². The van der Waals surface area contributed by atoms with Crippen LogP contribution in [0, 0.1) is 6.92 Å². The van der Waals surface area contributed by atoms with Crippen LogP contribution in [0.25, 0.3) is 11.4 Å². The zero-order valence-corrected chi connectivity index (χ0v) is 17.3. The van der Waals surface area contributed by atoms with E-state index < -0.39 is 0 Å². The Morgan fingerprint density at radius 2 is 1.97 bits per heavy atom. The van der Waals surface area contributed by atoms with E-state index in [1.807, 2.05) is 55.5 Å². The molecule has 0 atom stereocenters. The van der Waals surface area contributed by atoms with Crippen LogP contribution in [-0.4, -0.2) is 46.6 Å². The van der Waals surface area contributed by atoms with Gasteiger partial charge in [0.2, 0.25) is 17.6 Å². The first-order valence-corrected chi connectivity index (χ1v) is 10.2. The fraction of sp³-hybridized carbons (Fsp3) is 0.304. The largest absolute Gasteiger partial charge is 0.483 e. The van der Waals surface area contributed by atoms with Gasteiger partial charge in [0, 0.05) is 43.6 Å². The minimum atomic E-state index is -0.130. The Labute approximate surface area is 180 Å². The van der Waals surface area contributed by atoms with E-state index in [0.717, 1.165) is 22.4 Å². The van der Waals surface area contributed by atoms with Crippen molar-refractivity contribution in [3.63, 3.8) is 0 Å². The number of carbonyl (C=O) groups excluding carboxylic acids is 2. The smallest absolute Gasteiger partial charge is 0.260 e. The third-order valence-corrected chi connectivity index (χ3v) is 5.16. The lowest BCUT2D eigenvalue weighted by molar-refractivity contribution is -0.133. The zero-order chi connectivity index (χ0) is 21.6. The second kappa shape index (κ2) is 9.42. The van der Waals surface area contributed by atoms with Crippen molar-refractivity contribution < 1.29 is 18.8 Å². The lowest BCUT2D eigenvalue weighted by Crippen LogP contribution is -2.39. The normalized spacial score (nSPS) is 13.3. The molecule has 1 aliphatic rings. The van der Waals surface area contributed by atoms with E-state index >= 15 is 0 Å². The maximum absolute atomic E-state index is 12.3. The molecular weight excluding hydrogens is 396 g/mol. The highest BCUT2D eigenvalue weighted by molar-refractivity contribution is 5.79. The van der Waals surface area contributed by atoms with Crippen molar-refractivity contribution in [2.45, 2.75) is 26.3 Å². The fourth-order valence-corrected chi connectivity index (χ4v) is 3.43.